The summed E-state index contributed by atoms with van der Waals surface area (Å²) >= 11 is 1.47. The number of hydrogen-bond donors (Lipinski definition) is 2. The molecule has 0 aliphatic rings. The third-order valence-electron chi connectivity index (χ3n) is 4.27. The minimum atomic E-state index is -0.0881. The minimum absolute atomic E-state index is 0.0881. The molecule has 5 aromatic rings. The lowest BCUT2D eigenvalue weighted by atomic mass is 10.2. The number of H-pyrrole nitrogens is 2. The first-order chi connectivity index (χ1) is 12.3. The fourth-order valence-corrected chi connectivity index (χ4v) is 3.79. The van der Waals surface area contributed by atoms with Crippen molar-refractivity contribution in [1.82, 2.24) is 15.0 Å². The zero-order valence-electron chi connectivity index (χ0n) is 13.1. The average molecular weight is 343 g/mol. The Hall–Kier alpha value is -3.18. The van der Waals surface area contributed by atoms with Gasteiger partial charge < -0.3 is 9.97 Å². The van der Waals surface area contributed by atoms with Crippen molar-refractivity contribution in [2.75, 3.05) is 0 Å². The molecule has 0 radical (unpaired) electrons. The maximum atomic E-state index is 12.7. The van der Waals surface area contributed by atoms with Crippen LogP contribution >= 0.6 is 11.3 Å². The summed E-state index contributed by atoms with van der Waals surface area (Å²) in [7, 11) is 0. The average Bonchev–Trinajstić information content (AvgIpc) is 3.36. The summed E-state index contributed by atoms with van der Waals surface area (Å²) in [5.41, 5.74) is 3.98. The van der Waals surface area contributed by atoms with Crippen LogP contribution in [0.3, 0.4) is 0 Å². The molecule has 3 aromatic heterocycles. The Morgan fingerprint density at radius 1 is 0.880 bits per heavy atom. The van der Waals surface area contributed by atoms with Crippen molar-refractivity contribution in [1.29, 1.82) is 0 Å². The highest BCUT2D eigenvalue weighted by Crippen LogP contribution is 2.28. The van der Waals surface area contributed by atoms with Crippen molar-refractivity contribution in [2.45, 2.75) is 0 Å². The Labute approximate surface area is 147 Å². The molecule has 0 saturated heterocycles. The molecule has 0 bridgehead atoms. The summed E-state index contributed by atoms with van der Waals surface area (Å²) in [6.45, 7) is 0. The highest BCUT2D eigenvalue weighted by molar-refractivity contribution is 7.13. The molecule has 2 N–H and O–H groups in total. The molecule has 0 fully saturated rings. The molecular formula is C20H13N3OS. The molecule has 0 aliphatic heterocycles. The number of thiazole rings is 1. The van der Waals surface area contributed by atoms with Crippen molar-refractivity contribution >= 4 is 38.9 Å². The predicted molar refractivity (Wildman–Crippen MR) is 101 cm³/mol. The predicted octanol–water partition coefficient (Wildman–Crippen LogP) is 5.00. The molecule has 120 valence electrons. The molecule has 25 heavy (non-hydrogen) atoms. The molecule has 4 nitrogen and oxygen atoms in total. The summed E-state index contributed by atoms with van der Waals surface area (Å²) in [5, 5.41) is 4.79. The minimum Gasteiger partial charge on any atom is -0.353 e. The number of fused-ring (bicyclic) bond motifs is 2. The molecule has 0 atom stereocenters. The van der Waals surface area contributed by atoms with Crippen molar-refractivity contribution in [3.8, 4) is 10.7 Å². The normalized spacial score (nSPS) is 11.4. The van der Waals surface area contributed by atoms with E-state index in [1.165, 1.54) is 11.3 Å². The molecule has 3 heterocycles. The second-order valence-electron chi connectivity index (χ2n) is 5.91. The van der Waals surface area contributed by atoms with E-state index in [1.807, 2.05) is 53.9 Å². The maximum absolute atomic E-state index is 12.7. The molecule has 5 rings (SSSR count). The van der Waals surface area contributed by atoms with Crippen molar-refractivity contribution < 1.29 is 4.79 Å². The van der Waals surface area contributed by atoms with E-state index in [-0.39, 0.29) is 5.78 Å². The molecule has 0 spiro atoms. The molecule has 0 aliphatic carbocycles. The van der Waals surface area contributed by atoms with Gasteiger partial charge in [0, 0.05) is 27.2 Å². The topological polar surface area (TPSA) is 61.5 Å². The lowest BCUT2D eigenvalue weighted by molar-refractivity contribution is 0.103. The van der Waals surface area contributed by atoms with Gasteiger partial charge in [-0.2, -0.15) is 0 Å². The van der Waals surface area contributed by atoms with E-state index in [4.69, 9.17) is 0 Å². The number of carbonyl (C=O) groups is 1. The zero-order valence-corrected chi connectivity index (χ0v) is 13.9. The van der Waals surface area contributed by atoms with E-state index in [0.29, 0.717) is 11.4 Å². The number of carbonyl (C=O) groups excluding carboxylic acids is 1. The van der Waals surface area contributed by atoms with Crippen LogP contribution < -0.4 is 0 Å². The third-order valence-corrected chi connectivity index (χ3v) is 5.15. The van der Waals surface area contributed by atoms with Gasteiger partial charge in [-0.05, 0) is 24.3 Å². The fraction of sp³-hybridized carbons (Fsp3) is 0. The first-order valence-corrected chi connectivity index (χ1v) is 8.82. The number of nitrogens with one attached hydrogen (secondary N) is 2. The Morgan fingerprint density at radius 3 is 2.28 bits per heavy atom. The lowest BCUT2D eigenvalue weighted by Gasteiger charge is -1.93. The first kappa shape index (κ1) is 14.2. The Kier molecular flexibility index (Phi) is 3.08. The van der Waals surface area contributed by atoms with Crippen LogP contribution in [0.25, 0.3) is 32.5 Å². The van der Waals surface area contributed by atoms with Gasteiger partial charge in [-0.15, -0.1) is 11.3 Å². The van der Waals surface area contributed by atoms with Crippen LogP contribution in [0.5, 0.6) is 0 Å². The van der Waals surface area contributed by atoms with Crippen molar-refractivity contribution in [3.05, 3.63) is 77.4 Å². The van der Waals surface area contributed by atoms with Crippen LogP contribution in [-0.2, 0) is 0 Å². The molecular weight excluding hydrogens is 330 g/mol. The second kappa shape index (κ2) is 5.43. The van der Waals surface area contributed by atoms with Crippen LogP contribution in [0.15, 0.2) is 66.0 Å². The maximum Gasteiger partial charge on any atom is 0.228 e. The summed E-state index contributed by atoms with van der Waals surface area (Å²) in [5.74, 6) is -0.0881. The summed E-state index contributed by atoms with van der Waals surface area (Å²) in [6, 6.07) is 19.9. The van der Waals surface area contributed by atoms with Crippen LogP contribution in [0.4, 0.5) is 0 Å². The number of aromatic nitrogens is 3. The highest BCUT2D eigenvalue weighted by Gasteiger charge is 2.17. The van der Waals surface area contributed by atoms with Gasteiger partial charge in [0.05, 0.1) is 11.4 Å². The van der Waals surface area contributed by atoms with Gasteiger partial charge in [0.2, 0.25) is 5.78 Å². The SMILES string of the molecule is O=C(c1csc(-c2cc3ccccc3[nH]2)n1)c1cc2ccccc2[nH]1. The number of nitrogens with zero attached hydrogens (tertiary/aromatic N) is 1. The molecule has 0 unspecified atom stereocenters. The van der Waals surface area contributed by atoms with E-state index in [0.717, 1.165) is 32.5 Å². The second-order valence-corrected chi connectivity index (χ2v) is 6.77. The van der Waals surface area contributed by atoms with Crippen LogP contribution in [-0.4, -0.2) is 20.7 Å². The smallest absolute Gasteiger partial charge is 0.228 e. The first-order valence-electron chi connectivity index (χ1n) is 7.94. The Bertz CT molecular complexity index is 1160. The molecule has 2 aromatic carbocycles. The number of rotatable bonds is 3. The Balaban J connectivity index is 1.51. The molecule has 0 saturated carbocycles. The van der Waals surface area contributed by atoms with Gasteiger partial charge in [-0.25, -0.2) is 4.98 Å². The monoisotopic (exact) mass is 343 g/mol. The van der Waals surface area contributed by atoms with Gasteiger partial charge in [-0.3, -0.25) is 4.79 Å². The standard InChI is InChI=1S/C20H13N3OS/c24-19(16-9-12-5-1-3-7-14(12)21-16)18-11-25-20(23-18)17-10-13-6-2-4-8-15(13)22-17/h1-11,21-22H. The highest BCUT2D eigenvalue weighted by atomic mass is 32.1. The number of hydrogen-bond acceptors (Lipinski definition) is 3. The number of ketones is 1. The van der Waals surface area contributed by atoms with Gasteiger partial charge in [-0.1, -0.05) is 36.4 Å². The van der Waals surface area contributed by atoms with Crippen LogP contribution in [0.1, 0.15) is 16.2 Å². The summed E-state index contributed by atoms with van der Waals surface area (Å²) in [4.78, 5) is 23.8. The van der Waals surface area contributed by atoms with E-state index in [1.54, 1.807) is 0 Å². The van der Waals surface area contributed by atoms with E-state index >= 15 is 0 Å². The summed E-state index contributed by atoms with van der Waals surface area (Å²) in [6.07, 6.45) is 0. The zero-order chi connectivity index (χ0) is 16.8. The van der Waals surface area contributed by atoms with Crippen molar-refractivity contribution in [3.63, 3.8) is 0 Å². The Morgan fingerprint density at radius 2 is 1.56 bits per heavy atom. The number of para-hydroxylation sites is 2. The number of benzene rings is 2. The number of aromatic amines is 2. The van der Waals surface area contributed by atoms with E-state index < -0.39 is 0 Å². The van der Waals surface area contributed by atoms with Crippen LogP contribution in [0.2, 0.25) is 0 Å². The van der Waals surface area contributed by atoms with E-state index in [9.17, 15) is 4.79 Å². The van der Waals surface area contributed by atoms with Gasteiger partial charge in [0.15, 0.2) is 0 Å². The van der Waals surface area contributed by atoms with Crippen molar-refractivity contribution in [2.24, 2.45) is 0 Å². The van der Waals surface area contributed by atoms with Gasteiger partial charge >= 0.3 is 0 Å². The third kappa shape index (κ3) is 2.37. The van der Waals surface area contributed by atoms with Gasteiger partial charge in [0.25, 0.3) is 0 Å². The van der Waals surface area contributed by atoms with Gasteiger partial charge in [0.1, 0.15) is 10.7 Å². The molecule has 0 amide bonds. The fourth-order valence-electron chi connectivity index (χ4n) is 3.02. The lowest BCUT2D eigenvalue weighted by Crippen LogP contribution is -2.01. The largest absolute Gasteiger partial charge is 0.353 e. The van der Waals surface area contributed by atoms with E-state index in [2.05, 4.69) is 27.1 Å². The summed E-state index contributed by atoms with van der Waals surface area (Å²) < 4.78 is 0. The quantitative estimate of drug-likeness (QED) is 0.453. The molecule has 5 heteroatoms. The van der Waals surface area contributed by atoms with Crippen LogP contribution in [0, 0.1) is 0 Å².